The summed E-state index contributed by atoms with van der Waals surface area (Å²) < 4.78 is 0.863. The van der Waals surface area contributed by atoms with Gasteiger partial charge in [0.05, 0.1) is 5.69 Å². The number of halogens is 1. The van der Waals surface area contributed by atoms with Crippen molar-refractivity contribution in [3.63, 3.8) is 0 Å². The lowest BCUT2D eigenvalue weighted by molar-refractivity contribution is 0.477. The molecule has 0 fully saturated rings. The number of aromatic nitrogens is 1. The van der Waals surface area contributed by atoms with Gasteiger partial charge < -0.3 is 15.4 Å². The quantitative estimate of drug-likeness (QED) is 0.658. The molecule has 3 aromatic rings. The van der Waals surface area contributed by atoms with Gasteiger partial charge in [0.1, 0.15) is 5.75 Å². The summed E-state index contributed by atoms with van der Waals surface area (Å²) in [5, 5.41) is 14.2. The van der Waals surface area contributed by atoms with Crippen LogP contribution in [-0.4, -0.2) is 17.1 Å². The van der Waals surface area contributed by atoms with E-state index in [9.17, 15) is 5.11 Å². The van der Waals surface area contributed by atoms with Crippen LogP contribution in [0.25, 0.3) is 22.2 Å². The average molecular weight is 317 g/mol. The standard InChI is InChI=1S/C15H13BrN2O/c1-17-11-3-5-13-9(6-11)7-14(18-13)12-4-2-10(16)8-15(12)19/h2-8,17-19H,1H3. The van der Waals surface area contributed by atoms with Crippen molar-refractivity contribution in [3.05, 3.63) is 46.9 Å². The summed E-state index contributed by atoms with van der Waals surface area (Å²) in [5.74, 6) is 0.259. The van der Waals surface area contributed by atoms with Crippen molar-refractivity contribution in [1.82, 2.24) is 4.98 Å². The lowest BCUT2D eigenvalue weighted by Gasteiger charge is -2.02. The molecule has 3 nitrogen and oxygen atoms in total. The minimum absolute atomic E-state index is 0.259. The highest BCUT2D eigenvalue weighted by Gasteiger charge is 2.08. The number of phenolic OH excluding ortho intramolecular Hbond substituents is 1. The molecule has 0 aliphatic rings. The largest absolute Gasteiger partial charge is 0.507 e. The first-order chi connectivity index (χ1) is 9.17. The smallest absolute Gasteiger partial charge is 0.126 e. The fourth-order valence-corrected chi connectivity index (χ4v) is 2.51. The van der Waals surface area contributed by atoms with Crippen molar-refractivity contribution in [1.29, 1.82) is 0 Å². The van der Waals surface area contributed by atoms with Crippen LogP contribution in [0.1, 0.15) is 0 Å². The predicted molar refractivity (Wildman–Crippen MR) is 82.6 cm³/mol. The molecule has 96 valence electrons. The van der Waals surface area contributed by atoms with Gasteiger partial charge in [0.2, 0.25) is 0 Å². The maximum Gasteiger partial charge on any atom is 0.126 e. The van der Waals surface area contributed by atoms with Gasteiger partial charge in [0.25, 0.3) is 0 Å². The molecule has 0 saturated heterocycles. The molecule has 3 N–H and O–H groups in total. The lowest BCUT2D eigenvalue weighted by atomic mass is 10.1. The van der Waals surface area contributed by atoms with Crippen LogP contribution in [0.5, 0.6) is 5.75 Å². The van der Waals surface area contributed by atoms with E-state index in [-0.39, 0.29) is 5.75 Å². The van der Waals surface area contributed by atoms with E-state index in [1.807, 2.05) is 37.4 Å². The van der Waals surface area contributed by atoms with Crippen LogP contribution in [0.4, 0.5) is 5.69 Å². The van der Waals surface area contributed by atoms with Gasteiger partial charge in [-0.1, -0.05) is 15.9 Å². The van der Waals surface area contributed by atoms with Gasteiger partial charge in [-0.05, 0) is 42.5 Å². The van der Waals surface area contributed by atoms with Crippen molar-refractivity contribution in [2.24, 2.45) is 0 Å². The van der Waals surface area contributed by atoms with Crippen LogP contribution in [0.15, 0.2) is 46.9 Å². The molecule has 0 unspecified atom stereocenters. The fourth-order valence-electron chi connectivity index (χ4n) is 2.17. The highest BCUT2D eigenvalue weighted by Crippen LogP contribution is 2.33. The third kappa shape index (κ3) is 2.19. The van der Waals surface area contributed by atoms with Gasteiger partial charge in [-0.2, -0.15) is 0 Å². The molecular formula is C15H13BrN2O. The molecule has 0 bridgehead atoms. The molecule has 0 amide bonds. The van der Waals surface area contributed by atoms with Crippen molar-refractivity contribution in [3.8, 4) is 17.0 Å². The third-order valence-corrected chi connectivity index (χ3v) is 3.65. The number of nitrogens with one attached hydrogen (secondary N) is 2. The van der Waals surface area contributed by atoms with Gasteiger partial charge >= 0.3 is 0 Å². The van der Waals surface area contributed by atoms with Crippen molar-refractivity contribution in [2.75, 3.05) is 12.4 Å². The van der Waals surface area contributed by atoms with E-state index >= 15 is 0 Å². The van der Waals surface area contributed by atoms with Gasteiger partial charge in [-0.15, -0.1) is 0 Å². The van der Waals surface area contributed by atoms with E-state index in [4.69, 9.17) is 0 Å². The van der Waals surface area contributed by atoms with Crippen molar-refractivity contribution >= 4 is 32.5 Å². The minimum Gasteiger partial charge on any atom is -0.507 e. The molecule has 2 aromatic carbocycles. The summed E-state index contributed by atoms with van der Waals surface area (Å²) in [4.78, 5) is 3.32. The molecule has 1 aromatic heterocycles. The summed E-state index contributed by atoms with van der Waals surface area (Å²) >= 11 is 3.34. The SMILES string of the molecule is CNc1ccc2[nH]c(-c3ccc(Br)cc3O)cc2c1. The van der Waals surface area contributed by atoms with Gasteiger partial charge in [0.15, 0.2) is 0 Å². The summed E-state index contributed by atoms with van der Waals surface area (Å²) in [7, 11) is 1.90. The topological polar surface area (TPSA) is 48.0 Å². The Balaban J connectivity index is 2.14. The number of hydrogen-bond acceptors (Lipinski definition) is 2. The maximum atomic E-state index is 10.0. The van der Waals surface area contributed by atoms with E-state index in [0.717, 1.165) is 32.3 Å². The number of aromatic amines is 1. The lowest BCUT2D eigenvalue weighted by Crippen LogP contribution is -1.85. The van der Waals surface area contributed by atoms with Crippen molar-refractivity contribution < 1.29 is 5.11 Å². The maximum absolute atomic E-state index is 10.0. The zero-order valence-corrected chi connectivity index (χ0v) is 12.0. The Morgan fingerprint density at radius 2 is 1.95 bits per heavy atom. The Bertz CT molecular complexity index is 749. The molecule has 0 radical (unpaired) electrons. The van der Waals surface area contributed by atoms with E-state index < -0.39 is 0 Å². The normalized spacial score (nSPS) is 10.8. The molecule has 0 aliphatic carbocycles. The molecule has 1 heterocycles. The third-order valence-electron chi connectivity index (χ3n) is 3.16. The van der Waals surface area contributed by atoms with Crippen LogP contribution >= 0.6 is 15.9 Å². The summed E-state index contributed by atoms with van der Waals surface area (Å²) in [6.07, 6.45) is 0. The number of H-pyrrole nitrogens is 1. The Labute approximate surface area is 119 Å². The molecule has 3 rings (SSSR count). The van der Waals surface area contributed by atoms with E-state index in [1.165, 1.54) is 0 Å². The summed E-state index contributed by atoms with van der Waals surface area (Å²) in [6.45, 7) is 0. The second-order valence-electron chi connectivity index (χ2n) is 4.40. The van der Waals surface area contributed by atoms with Crippen molar-refractivity contribution in [2.45, 2.75) is 0 Å². The highest BCUT2D eigenvalue weighted by molar-refractivity contribution is 9.10. The number of phenols is 1. The number of rotatable bonds is 2. The van der Waals surface area contributed by atoms with Gasteiger partial charge in [0, 0.05) is 33.7 Å². The average Bonchev–Trinajstić information content (AvgIpc) is 2.80. The number of hydrogen-bond donors (Lipinski definition) is 3. The van der Waals surface area contributed by atoms with E-state index in [2.05, 4.69) is 32.3 Å². The molecule has 0 aliphatic heterocycles. The second kappa shape index (κ2) is 4.63. The van der Waals surface area contributed by atoms with Crippen LogP contribution in [0.2, 0.25) is 0 Å². The molecule has 0 atom stereocenters. The molecule has 0 spiro atoms. The number of fused-ring (bicyclic) bond motifs is 1. The fraction of sp³-hybridized carbons (Fsp3) is 0.0667. The molecule has 4 heteroatoms. The zero-order chi connectivity index (χ0) is 13.4. The minimum atomic E-state index is 0.259. The molecule has 19 heavy (non-hydrogen) atoms. The first-order valence-corrected chi connectivity index (χ1v) is 6.76. The predicted octanol–water partition coefficient (Wildman–Crippen LogP) is 4.34. The zero-order valence-electron chi connectivity index (χ0n) is 10.4. The van der Waals surface area contributed by atoms with Gasteiger partial charge in [-0.25, -0.2) is 0 Å². The molecular weight excluding hydrogens is 304 g/mol. The second-order valence-corrected chi connectivity index (χ2v) is 5.31. The first-order valence-electron chi connectivity index (χ1n) is 5.97. The van der Waals surface area contributed by atoms with E-state index in [1.54, 1.807) is 6.07 Å². The first kappa shape index (κ1) is 12.1. The Morgan fingerprint density at radius 1 is 1.11 bits per heavy atom. The highest BCUT2D eigenvalue weighted by atomic mass is 79.9. The monoisotopic (exact) mass is 316 g/mol. The number of benzene rings is 2. The summed E-state index contributed by atoms with van der Waals surface area (Å²) in [5.41, 5.74) is 3.83. The Hall–Kier alpha value is -1.94. The summed E-state index contributed by atoms with van der Waals surface area (Å²) in [6, 6.07) is 13.7. The van der Waals surface area contributed by atoms with Crippen LogP contribution in [-0.2, 0) is 0 Å². The Morgan fingerprint density at radius 3 is 2.68 bits per heavy atom. The number of aromatic hydroxyl groups is 1. The van der Waals surface area contributed by atoms with Crippen LogP contribution < -0.4 is 5.32 Å². The van der Waals surface area contributed by atoms with Crippen LogP contribution in [0, 0.1) is 0 Å². The molecule has 0 saturated carbocycles. The number of anilines is 1. The Kier molecular flexibility index (Phi) is 2.95. The van der Waals surface area contributed by atoms with Crippen LogP contribution in [0.3, 0.4) is 0 Å². The van der Waals surface area contributed by atoms with E-state index in [0.29, 0.717) is 0 Å². The van der Waals surface area contributed by atoms with Gasteiger partial charge in [-0.3, -0.25) is 0 Å².